The van der Waals surface area contributed by atoms with E-state index in [-0.39, 0.29) is 11.5 Å². The van der Waals surface area contributed by atoms with Crippen molar-refractivity contribution in [1.82, 2.24) is 4.90 Å². The van der Waals surface area contributed by atoms with E-state index in [0.717, 1.165) is 47.2 Å². The SMILES string of the molecule is CN1CCc2cccc3c2C1Cc1ccc(O)c(O)c1-3.Cc1ccc(C(=O)O)cc1.Cc1ccc(C(=O)O)cc1. The second-order valence-electron chi connectivity index (χ2n) is 10.1. The van der Waals surface area contributed by atoms with Gasteiger partial charge in [-0.1, -0.05) is 59.7 Å². The molecule has 7 nitrogen and oxygen atoms in total. The van der Waals surface area contributed by atoms with Gasteiger partial charge < -0.3 is 20.4 Å². The van der Waals surface area contributed by atoms with Crippen LogP contribution in [0.4, 0.5) is 0 Å². The van der Waals surface area contributed by atoms with Gasteiger partial charge in [-0.2, -0.15) is 0 Å². The summed E-state index contributed by atoms with van der Waals surface area (Å²) in [5.74, 6) is -1.77. The van der Waals surface area contributed by atoms with Crippen molar-refractivity contribution in [3.63, 3.8) is 0 Å². The van der Waals surface area contributed by atoms with Crippen molar-refractivity contribution < 1.29 is 30.0 Å². The summed E-state index contributed by atoms with van der Waals surface area (Å²) in [6, 6.07) is 23.7. The van der Waals surface area contributed by atoms with E-state index >= 15 is 0 Å². The molecule has 4 N–H and O–H groups in total. The van der Waals surface area contributed by atoms with E-state index in [9.17, 15) is 19.8 Å². The first-order chi connectivity index (χ1) is 19.1. The summed E-state index contributed by atoms with van der Waals surface area (Å²) in [6.07, 6.45) is 1.94. The lowest BCUT2D eigenvalue weighted by Crippen LogP contribution is -2.35. The summed E-state index contributed by atoms with van der Waals surface area (Å²) >= 11 is 0. The number of aromatic hydroxyl groups is 2. The lowest BCUT2D eigenvalue weighted by Gasteiger charge is -2.39. The molecule has 0 spiro atoms. The third-order valence-electron chi connectivity index (χ3n) is 7.32. The second-order valence-corrected chi connectivity index (χ2v) is 10.1. The topological polar surface area (TPSA) is 118 Å². The highest BCUT2D eigenvalue weighted by Crippen LogP contribution is 2.49. The van der Waals surface area contributed by atoms with Gasteiger partial charge in [0.05, 0.1) is 11.1 Å². The molecule has 4 aromatic carbocycles. The van der Waals surface area contributed by atoms with Gasteiger partial charge in [-0.25, -0.2) is 9.59 Å². The molecule has 206 valence electrons. The van der Waals surface area contributed by atoms with Crippen LogP contribution < -0.4 is 0 Å². The minimum absolute atomic E-state index is 0.0163. The first-order valence-corrected chi connectivity index (χ1v) is 13.0. The monoisotopic (exact) mass is 539 g/mol. The molecule has 1 heterocycles. The summed E-state index contributed by atoms with van der Waals surface area (Å²) in [5, 5.41) is 37.0. The van der Waals surface area contributed by atoms with Crippen molar-refractivity contribution in [3.8, 4) is 22.6 Å². The predicted octanol–water partition coefficient (Wildman–Crippen LogP) is 6.24. The Bertz CT molecular complexity index is 1470. The van der Waals surface area contributed by atoms with Crippen LogP contribution in [0.2, 0.25) is 0 Å². The van der Waals surface area contributed by atoms with Crippen molar-refractivity contribution >= 4 is 11.9 Å². The Hall–Kier alpha value is -4.62. The van der Waals surface area contributed by atoms with Crippen LogP contribution >= 0.6 is 0 Å². The number of carboxylic acid groups (broad SMARTS) is 2. The van der Waals surface area contributed by atoms with Gasteiger partial charge in [0.1, 0.15) is 0 Å². The molecule has 40 heavy (non-hydrogen) atoms. The maximum atomic E-state index is 10.3. The highest BCUT2D eigenvalue weighted by Gasteiger charge is 2.34. The Balaban J connectivity index is 0.000000156. The largest absolute Gasteiger partial charge is 0.504 e. The maximum absolute atomic E-state index is 10.3. The average molecular weight is 540 g/mol. The smallest absolute Gasteiger partial charge is 0.335 e. The molecule has 0 amide bonds. The van der Waals surface area contributed by atoms with Crippen molar-refractivity contribution in [2.75, 3.05) is 13.6 Å². The predicted molar refractivity (Wildman–Crippen MR) is 154 cm³/mol. The van der Waals surface area contributed by atoms with E-state index in [4.69, 9.17) is 10.2 Å². The van der Waals surface area contributed by atoms with Crippen LogP contribution in [0.5, 0.6) is 11.5 Å². The van der Waals surface area contributed by atoms with Crippen LogP contribution in [-0.2, 0) is 12.8 Å². The third kappa shape index (κ3) is 6.16. The van der Waals surface area contributed by atoms with Gasteiger partial charge in [-0.3, -0.25) is 4.90 Å². The molecule has 0 fully saturated rings. The number of carbonyl (C=O) groups is 2. The normalized spacial score (nSPS) is 14.8. The standard InChI is InChI=1S/C17H17NO2.2C8H8O2/c1-18-8-7-10-3-2-4-12-15(10)13(18)9-11-5-6-14(19)17(20)16(11)12;2*1-6-2-4-7(5-3-6)8(9)10/h2-6,13,19-20H,7-9H2,1H3;2*2-5H,1H3,(H,9,10). The van der Waals surface area contributed by atoms with Gasteiger partial charge in [0.2, 0.25) is 0 Å². The summed E-state index contributed by atoms with van der Waals surface area (Å²) in [6.45, 7) is 4.91. The highest BCUT2D eigenvalue weighted by molar-refractivity contribution is 5.88. The summed E-state index contributed by atoms with van der Waals surface area (Å²) < 4.78 is 0. The van der Waals surface area contributed by atoms with E-state index in [1.807, 2.05) is 19.9 Å². The second kappa shape index (κ2) is 12.1. The number of phenols is 2. The van der Waals surface area contributed by atoms with Crippen molar-refractivity contribution in [1.29, 1.82) is 0 Å². The maximum Gasteiger partial charge on any atom is 0.335 e. The van der Waals surface area contributed by atoms with Gasteiger partial charge in [0.15, 0.2) is 11.5 Å². The molecule has 1 aliphatic carbocycles. The Morgan fingerprint density at radius 2 is 1.30 bits per heavy atom. The highest BCUT2D eigenvalue weighted by atomic mass is 16.4. The minimum atomic E-state index is -0.875. The molecule has 7 heteroatoms. The first-order valence-electron chi connectivity index (χ1n) is 13.0. The number of nitrogens with zero attached hydrogens (tertiary/aromatic N) is 1. The molecular weight excluding hydrogens is 506 g/mol. The molecule has 0 saturated heterocycles. The van der Waals surface area contributed by atoms with E-state index in [2.05, 4.69) is 30.1 Å². The van der Waals surface area contributed by atoms with Gasteiger partial charge in [-0.05, 0) is 86.3 Å². The van der Waals surface area contributed by atoms with Crippen LogP contribution in [0.3, 0.4) is 0 Å². The zero-order chi connectivity index (χ0) is 29.0. The van der Waals surface area contributed by atoms with Crippen molar-refractivity contribution in [2.24, 2.45) is 0 Å². The van der Waals surface area contributed by atoms with Gasteiger partial charge >= 0.3 is 11.9 Å². The molecule has 1 unspecified atom stereocenters. The molecule has 0 bridgehead atoms. The number of carboxylic acids is 2. The lowest BCUT2D eigenvalue weighted by molar-refractivity contribution is 0.0686. The number of fused-ring (bicyclic) bond motifs is 2. The van der Waals surface area contributed by atoms with E-state index in [1.165, 1.54) is 11.1 Å². The number of phenolic OH excluding ortho intramolecular Hbond substituents is 2. The fourth-order valence-electron chi connectivity index (χ4n) is 5.07. The van der Waals surface area contributed by atoms with Crippen molar-refractivity contribution in [3.05, 3.63) is 118 Å². The Kier molecular flexibility index (Phi) is 8.55. The number of likely N-dealkylation sites (N-methyl/N-ethyl adjacent to an activating group) is 1. The number of hydrogen-bond donors (Lipinski definition) is 4. The number of benzene rings is 4. The molecule has 1 aliphatic heterocycles. The Morgan fingerprint density at radius 1 is 0.750 bits per heavy atom. The van der Waals surface area contributed by atoms with Crippen LogP contribution in [0.1, 0.15) is 54.6 Å². The molecule has 0 aromatic heterocycles. The van der Waals surface area contributed by atoms with Crippen LogP contribution in [0.25, 0.3) is 11.1 Å². The lowest BCUT2D eigenvalue weighted by atomic mass is 9.77. The van der Waals surface area contributed by atoms with E-state index < -0.39 is 11.9 Å². The van der Waals surface area contributed by atoms with E-state index in [0.29, 0.717) is 17.2 Å². The van der Waals surface area contributed by atoms with Crippen LogP contribution in [0.15, 0.2) is 78.9 Å². The van der Waals surface area contributed by atoms with Gasteiger partial charge in [-0.15, -0.1) is 0 Å². The average Bonchev–Trinajstić information content (AvgIpc) is 2.94. The molecule has 6 rings (SSSR count). The van der Waals surface area contributed by atoms with Crippen molar-refractivity contribution in [2.45, 2.75) is 32.7 Å². The number of aryl methyl sites for hydroxylation is 2. The first kappa shape index (κ1) is 28.4. The molecule has 1 atom stereocenters. The molecule has 0 saturated carbocycles. The Morgan fingerprint density at radius 3 is 1.82 bits per heavy atom. The van der Waals surface area contributed by atoms with Gasteiger partial charge in [0, 0.05) is 18.2 Å². The fraction of sp³-hybridized carbons (Fsp3) is 0.212. The quantitative estimate of drug-likeness (QED) is 0.223. The van der Waals surface area contributed by atoms with Crippen LogP contribution in [0, 0.1) is 13.8 Å². The number of rotatable bonds is 2. The van der Waals surface area contributed by atoms with Gasteiger partial charge in [0.25, 0.3) is 0 Å². The molecule has 2 aliphatic rings. The number of hydrogen-bond acceptors (Lipinski definition) is 5. The Labute approximate surface area is 233 Å². The van der Waals surface area contributed by atoms with Crippen LogP contribution in [-0.4, -0.2) is 50.9 Å². The fourth-order valence-corrected chi connectivity index (χ4v) is 5.07. The summed E-state index contributed by atoms with van der Waals surface area (Å²) in [7, 11) is 2.16. The number of aromatic carboxylic acids is 2. The van der Waals surface area contributed by atoms with E-state index in [1.54, 1.807) is 54.6 Å². The molecule has 0 radical (unpaired) electrons. The third-order valence-corrected chi connectivity index (χ3v) is 7.32. The molecule has 4 aromatic rings. The molecular formula is C33H33NO6. The summed E-state index contributed by atoms with van der Waals surface area (Å²) in [4.78, 5) is 23.0. The minimum Gasteiger partial charge on any atom is -0.504 e. The zero-order valence-corrected chi connectivity index (χ0v) is 22.8. The zero-order valence-electron chi connectivity index (χ0n) is 22.8. The summed E-state index contributed by atoms with van der Waals surface area (Å²) in [5.41, 5.74) is 8.53.